The summed E-state index contributed by atoms with van der Waals surface area (Å²) < 4.78 is 19.9. The Balaban J connectivity index is 2.00. The first kappa shape index (κ1) is 16.4. The van der Waals surface area contributed by atoms with Crippen molar-refractivity contribution in [2.24, 2.45) is 0 Å². The maximum absolute atomic E-state index is 12.6. The van der Waals surface area contributed by atoms with Crippen molar-refractivity contribution < 1.29 is 19.3 Å². The molecule has 3 rings (SSSR count). The van der Waals surface area contributed by atoms with Gasteiger partial charge in [0.1, 0.15) is 18.3 Å². The van der Waals surface area contributed by atoms with Crippen molar-refractivity contribution in [1.82, 2.24) is 9.13 Å². The van der Waals surface area contributed by atoms with Crippen LogP contribution in [0.2, 0.25) is 0 Å². The second-order valence-corrected chi connectivity index (χ2v) is 6.31. The molecule has 0 aromatic carbocycles. The highest BCUT2D eigenvalue weighted by Gasteiger charge is 2.55. The first-order chi connectivity index (χ1) is 10.9. The largest absolute Gasteiger partial charge is 0.394 e. The molecule has 23 heavy (non-hydrogen) atoms. The number of aliphatic hydroxyl groups is 1. The predicted molar refractivity (Wildman–Crippen MR) is 80.1 cm³/mol. The van der Waals surface area contributed by atoms with Gasteiger partial charge in [-0.1, -0.05) is 6.92 Å². The minimum atomic E-state index is -0.813. The average molecular weight is 326 g/mol. The molecule has 3 heterocycles. The molecule has 0 bridgehead atoms. The lowest BCUT2D eigenvalue weighted by Gasteiger charge is -2.24. The lowest BCUT2D eigenvalue weighted by molar-refractivity contribution is -0.200. The van der Waals surface area contributed by atoms with Gasteiger partial charge >= 0.3 is 5.69 Å². The van der Waals surface area contributed by atoms with Crippen LogP contribution in [0.25, 0.3) is 0 Å². The summed E-state index contributed by atoms with van der Waals surface area (Å²) in [5.74, 6) is -0.813. The van der Waals surface area contributed by atoms with Crippen LogP contribution in [-0.4, -0.2) is 44.9 Å². The van der Waals surface area contributed by atoms with Crippen molar-refractivity contribution in [2.75, 3.05) is 6.61 Å². The zero-order chi connectivity index (χ0) is 16.8. The third-order valence-electron chi connectivity index (χ3n) is 4.12. The van der Waals surface area contributed by atoms with Crippen LogP contribution in [0.5, 0.6) is 0 Å². The van der Waals surface area contributed by atoms with Crippen molar-refractivity contribution in [3.8, 4) is 0 Å². The van der Waals surface area contributed by atoms with Crippen molar-refractivity contribution >= 4 is 0 Å². The molecule has 2 fully saturated rings. The maximum atomic E-state index is 12.6. The highest BCUT2D eigenvalue weighted by Crippen LogP contribution is 2.42. The molecule has 8 nitrogen and oxygen atoms in total. The van der Waals surface area contributed by atoms with E-state index in [9.17, 15) is 14.7 Å². The summed E-state index contributed by atoms with van der Waals surface area (Å²) >= 11 is 0. The highest BCUT2D eigenvalue weighted by atomic mass is 16.8. The van der Waals surface area contributed by atoms with Crippen LogP contribution >= 0.6 is 0 Å². The zero-order valence-electron chi connectivity index (χ0n) is 13.5. The quantitative estimate of drug-likeness (QED) is 0.826. The summed E-state index contributed by atoms with van der Waals surface area (Å²) in [6.07, 6.45) is -0.221. The van der Waals surface area contributed by atoms with E-state index >= 15 is 0 Å². The minimum Gasteiger partial charge on any atom is -0.394 e. The monoisotopic (exact) mass is 326 g/mol. The molecule has 1 N–H and O–H groups in total. The predicted octanol–water partition coefficient (Wildman–Crippen LogP) is -0.170. The second kappa shape index (κ2) is 5.86. The topological polar surface area (TPSA) is 91.9 Å². The number of ether oxygens (including phenoxy) is 3. The summed E-state index contributed by atoms with van der Waals surface area (Å²) in [5.41, 5.74) is -0.791. The van der Waals surface area contributed by atoms with Crippen molar-refractivity contribution in [2.45, 2.75) is 64.1 Å². The fourth-order valence-electron chi connectivity index (χ4n) is 3.18. The minimum absolute atomic E-state index is 0.236. The smallest absolute Gasteiger partial charge is 0.333 e. The van der Waals surface area contributed by atoms with Crippen molar-refractivity contribution in [3.05, 3.63) is 33.1 Å². The van der Waals surface area contributed by atoms with Gasteiger partial charge < -0.3 is 19.3 Å². The molecule has 2 aliphatic heterocycles. The molecule has 8 heteroatoms. The fraction of sp³-hybridized carbons (Fsp3) is 0.733. The van der Waals surface area contributed by atoms with Crippen LogP contribution in [0.15, 0.2) is 21.9 Å². The van der Waals surface area contributed by atoms with Crippen LogP contribution in [0.1, 0.15) is 33.4 Å². The molecule has 2 aliphatic rings. The molecule has 0 saturated carbocycles. The normalized spacial score (nSPS) is 32.2. The second-order valence-electron chi connectivity index (χ2n) is 6.31. The van der Waals surface area contributed by atoms with Gasteiger partial charge in [0.15, 0.2) is 12.0 Å². The third kappa shape index (κ3) is 2.76. The van der Waals surface area contributed by atoms with Crippen LogP contribution in [0, 0.1) is 0 Å². The Bertz CT molecular complexity index is 694. The number of hydrogen-bond donors (Lipinski definition) is 1. The number of nitrogens with zero attached hydrogens (tertiary/aromatic N) is 2. The summed E-state index contributed by atoms with van der Waals surface area (Å²) in [6, 6.07) is 1.34. The molecule has 0 aliphatic carbocycles. The summed E-state index contributed by atoms with van der Waals surface area (Å²) in [5, 5.41) is 9.50. The first-order valence-electron chi connectivity index (χ1n) is 7.82. The number of fused-ring (bicyclic) bond motifs is 1. The van der Waals surface area contributed by atoms with Gasteiger partial charge in [0.25, 0.3) is 5.56 Å². The molecule has 0 unspecified atom stereocenters. The van der Waals surface area contributed by atoms with Gasteiger partial charge in [0.2, 0.25) is 0 Å². The maximum Gasteiger partial charge on any atom is 0.333 e. The van der Waals surface area contributed by atoms with Gasteiger partial charge in [-0.2, -0.15) is 0 Å². The molecule has 1 aromatic rings. The van der Waals surface area contributed by atoms with Crippen LogP contribution < -0.4 is 11.2 Å². The van der Waals surface area contributed by atoms with Gasteiger partial charge in [-0.05, 0) is 20.3 Å². The van der Waals surface area contributed by atoms with Gasteiger partial charge in [0, 0.05) is 18.8 Å². The van der Waals surface area contributed by atoms with Crippen molar-refractivity contribution in [1.29, 1.82) is 0 Å². The number of aliphatic hydroxyl groups excluding tert-OH is 1. The molecular formula is C15H22N2O6. The lowest BCUT2D eigenvalue weighted by atomic mass is 10.1. The van der Waals surface area contributed by atoms with Gasteiger partial charge in [-0.3, -0.25) is 13.9 Å². The molecule has 2 saturated heterocycles. The average Bonchev–Trinajstić information content (AvgIpc) is 2.97. The van der Waals surface area contributed by atoms with Crippen LogP contribution in [-0.2, 0) is 20.8 Å². The Hall–Kier alpha value is -1.48. The van der Waals surface area contributed by atoms with E-state index in [2.05, 4.69) is 0 Å². The number of hydrogen-bond acceptors (Lipinski definition) is 6. The van der Waals surface area contributed by atoms with E-state index in [1.54, 1.807) is 13.8 Å². The Morgan fingerprint density at radius 3 is 2.61 bits per heavy atom. The molecule has 0 amide bonds. The van der Waals surface area contributed by atoms with E-state index in [1.165, 1.54) is 21.4 Å². The third-order valence-corrected chi connectivity index (χ3v) is 4.12. The highest BCUT2D eigenvalue weighted by molar-refractivity contribution is 4.99. The lowest BCUT2D eigenvalue weighted by Crippen LogP contribution is -2.43. The van der Waals surface area contributed by atoms with E-state index in [4.69, 9.17) is 14.2 Å². The first-order valence-corrected chi connectivity index (χ1v) is 7.82. The molecule has 1 aromatic heterocycles. The van der Waals surface area contributed by atoms with E-state index in [1.807, 2.05) is 6.92 Å². The molecule has 0 spiro atoms. The number of aromatic nitrogens is 2. The molecule has 4 atom stereocenters. The van der Waals surface area contributed by atoms with Crippen LogP contribution in [0.4, 0.5) is 0 Å². The van der Waals surface area contributed by atoms with Gasteiger partial charge in [0.05, 0.1) is 6.61 Å². The standard InChI is InChI=1S/C15H22N2O6/c1-4-6-16-10(19)5-7-17(14(16)20)13-12-11(9(8-18)21-13)22-15(2,3)23-12/h5,7,9,11-13,18H,4,6,8H2,1-3H3/t9-,11-,12-,13-/m1/s1. The van der Waals surface area contributed by atoms with Gasteiger partial charge in [-0.25, -0.2) is 4.79 Å². The Morgan fingerprint density at radius 1 is 1.26 bits per heavy atom. The van der Waals surface area contributed by atoms with E-state index in [0.717, 1.165) is 0 Å². The Labute approximate surface area is 133 Å². The Kier molecular flexibility index (Phi) is 4.18. The van der Waals surface area contributed by atoms with Gasteiger partial charge in [-0.15, -0.1) is 0 Å². The van der Waals surface area contributed by atoms with E-state index in [-0.39, 0.29) is 12.2 Å². The zero-order valence-corrected chi connectivity index (χ0v) is 13.5. The summed E-state index contributed by atoms with van der Waals surface area (Å²) in [4.78, 5) is 24.5. The summed E-state index contributed by atoms with van der Waals surface area (Å²) in [6.45, 7) is 5.55. The van der Waals surface area contributed by atoms with E-state index in [0.29, 0.717) is 13.0 Å². The molecule has 0 radical (unpaired) electrons. The fourth-order valence-corrected chi connectivity index (χ4v) is 3.18. The number of rotatable bonds is 4. The van der Waals surface area contributed by atoms with E-state index < -0.39 is 36.0 Å². The molecular weight excluding hydrogens is 304 g/mol. The van der Waals surface area contributed by atoms with Crippen molar-refractivity contribution in [3.63, 3.8) is 0 Å². The van der Waals surface area contributed by atoms with Crippen LogP contribution in [0.3, 0.4) is 0 Å². The molecule has 128 valence electrons. The SMILES string of the molecule is CCCn1c(=O)ccn([C@@H]2O[C@H](CO)[C@H]3OC(C)(C)O[C@H]32)c1=O. The summed E-state index contributed by atoms with van der Waals surface area (Å²) in [7, 11) is 0. The Morgan fingerprint density at radius 2 is 1.96 bits per heavy atom.